The summed E-state index contributed by atoms with van der Waals surface area (Å²) < 4.78 is 0. The molecule has 0 aromatic rings. The van der Waals surface area contributed by atoms with Crippen LogP contribution in [-0.2, 0) is 0 Å². The van der Waals surface area contributed by atoms with Gasteiger partial charge < -0.3 is 10.2 Å². The zero-order valence-corrected chi connectivity index (χ0v) is 12.5. The van der Waals surface area contributed by atoms with Crippen molar-refractivity contribution in [1.29, 1.82) is 0 Å². The van der Waals surface area contributed by atoms with Gasteiger partial charge in [0, 0.05) is 19.6 Å². The molecule has 1 saturated carbocycles. The molecule has 2 nitrogen and oxygen atoms in total. The minimum Gasteiger partial charge on any atom is -0.363 e. The average molecular weight is 256 g/mol. The molecule has 0 amide bonds. The molecule has 3 heteroatoms. The molecule has 0 heterocycles. The maximum absolute atomic E-state index is 5.44. The fraction of sp³-hybridized carbons (Fsp3) is 0.929. The Hall–Kier alpha value is -0.310. The molecule has 0 saturated heterocycles. The first-order valence-electron chi connectivity index (χ1n) is 7.19. The van der Waals surface area contributed by atoms with E-state index < -0.39 is 0 Å². The zero-order chi connectivity index (χ0) is 12.7. The molecule has 0 spiro atoms. The molecule has 0 aliphatic heterocycles. The van der Waals surface area contributed by atoms with Crippen LogP contribution in [0.15, 0.2) is 0 Å². The van der Waals surface area contributed by atoms with Gasteiger partial charge in [0.05, 0.1) is 0 Å². The lowest BCUT2D eigenvalue weighted by molar-refractivity contribution is 0.225. The molecular weight excluding hydrogens is 228 g/mol. The van der Waals surface area contributed by atoms with Crippen molar-refractivity contribution in [3.63, 3.8) is 0 Å². The smallest absolute Gasteiger partial charge is 0.168 e. The van der Waals surface area contributed by atoms with Crippen molar-refractivity contribution < 1.29 is 0 Å². The number of rotatable bonds is 5. The summed E-state index contributed by atoms with van der Waals surface area (Å²) in [6.07, 6.45) is 9.15. The van der Waals surface area contributed by atoms with Crippen molar-refractivity contribution in [2.24, 2.45) is 5.92 Å². The highest BCUT2D eigenvalue weighted by molar-refractivity contribution is 7.80. The molecule has 0 radical (unpaired) electrons. The van der Waals surface area contributed by atoms with Crippen LogP contribution in [0, 0.1) is 5.92 Å². The van der Waals surface area contributed by atoms with Gasteiger partial charge in [-0.25, -0.2) is 0 Å². The Balaban J connectivity index is 2.27. The van der Waals surface area contributed by atoms with Crippen LogP contribution in [0.3, 0.4) is 0 Å². The molecule has 1 fully saturated rings. The van der Waals surface area contributed by atoms with Crippen LogP contribution in [0.1, 0.15) is 58.8 Å². The number of thiocarbonyl (C=S) groups is 1. The molecule has 0 aromatic carbocycles. The van der Waals surface area contributed by atoms with Gasteiger partial charge in [0.2, 0.25) is 0 Å². The third kappa shape index (κ3) is 4.82. The summed E-state index contributed by atoms with van der Waals surface area (Å²) in [5, 5.41) is 4.31. The van der Waals surface area contributed by atoms with E-state index in [-0.39, 0.29) is 0 Å². The summed E-state index contributed by atoms with van der Waals surface area (Å²) in [7, 11) is 2.15. The Morgan fingerprint density at radius 1 is 1.24 bits per heavy atom. The zero-order valence-electron chi connectivity index (χ0n) is 11.7. The highest BCUT2D eigenvalue weighted by atomic mass is 32.1. The lowest BCUT2D eigenvalue weighted by Crippen LogP contribution is -2.45. The van der Waals surface area contributed by atoms with Gasteiger partial charge >= 0.3 is 0 Å². The molecule has 1 rings (SSSR count). The second-order valence-electron chi connectivity index (χ2n) is 5.28. The Bertz CT molecular complexity index is 222. The van der Waals surface area contributed by atoms with Crippen LogP contribution < -0.4 is 5.32 Å². The Morgan fingerprint density at radius 3 is 2.41 bits per heavy atom. The molecule has 17 heavy (non-hydrogen) atoms. The molecule has 1 N–H and O–H groups in total. The molecule has 0 bridgehead atoms. The first kappa shape index (κ1) is 14.7. The number of hydrogen-bond acceptors (Lipinski definition) is 1. The normalized spacial score (nSPS) is 24.4. The van der Waals surface area contributed by atoms with Crippen LogP contribution >= 0.6 is 12.2 Å². The summed E-state index contributed by atoms with van der Waals surface area (Å²) in [6.45, 7) is 5.54. The van der Waals surface area contributed by atoms with E-state index >= 15 is 0 Å². The Kier molecular flexibility index (Phi) is 6.86. The maximum Gasteiger partial charge on any atom is 0.168 e. The minimum atomic E-state index is 0.666. The molecule has 0 unspecified atom stereocenters. The third-order valence-corrected chi connectivity index (χ3v) is 4.50. The van der Waals surface area contributed by atoms with E-state index in [0.29, 0.717) is 6.04 Å². The highest BCUT2D eigenvalue weighted by Gasteiger charge is 2.24. The van der Waals surface area contributed by atoms with Gasteiger partial charge in [-0.2, -0.15) is 0 Å². The van der Waals surface area contributed by atoms with Crippen LogP contribution in [0.5, 0.6) is 0 Å². The number of nitrogens with one attached hydrogen (secondary N) is 1. The molecule has 100 valence electrons. The highest BCUT2D eigenvalue weighted by Crippen LogP contribution is 2.28. The average Bonchev–Trinajstić information content (AvgIpc) is 2.38. The monoisotopic (exact) mass is 256 g/mol. The fourth-order valence-corrected chi connectivity index (χ4v) is 2.85. The topological polar surface area (TPSA) is 15.3 Å². The van der Waals surface area contributed by atoms with Crippen molar-refractivity contribution in [2.45, 2.75) is 64.8 Å². The minimum absolute atomic E-state index is 0.666. The standard InChI is InChI=1S/C14H28N2S/c1-4-6-11-15-14(17)16(3)13-9-7-12(5-2)8-10-13/h12-13H,4-11H2,1-3H3,(H,15,17). The third-order valence-electron chi connectivity index (χ3n) is 4.07. The van der Waals surface area contributed by atoms with E-state index in [1.807, 2.05) is 0 Å². The lowest BCUT2D eigenvalue weighted by Gasteiger charge is -2.36. The van der Waals surface area contributed by atoms with E-state index in [2.05, 4.69) is 31.1 Å². The largest absolute Gasteiger partial charge is 0.363 e. The van der Waals surface area contributed by atoms with Crippen LogP contribution in [0.25, 0.3) is 0 Å². The van der Waals surface area contributed by atoms with Gasteiger partial charge in [0.1, 0.15) is 0 Å². The van der Waals surface area contributed by atoms with Crippen molar-refractivity contribution in [3.8, 4) is 0 Å². The second-order valence-corrected chi connectivity index (χ2v) is 5.67. The first-order valence-corrected chi connectivity index (χ1v) is 7.60. The molecule has 0 atom stereocenters. The van der Waals surface area contributed by atoms with Gasteiger partial charge in [-0.15, -0.1) is 0 Å². The molecular formula is C14H28N2S. The van der Waals surface area contributed by atoms with E-state index in [1.54, 1.807) is 0 Å². The SMILES string of the molecule is CCCCNC(=S)N(C)C1CCC(CC)CC1. The summed E-state index contributed by atoms with van der Waals surface area (Å²) >= 11 is 5.44. The van der Waals surface area contributed by atoms with Gasteiger partial charge in [-0.05, 0) is 50.2 Å². The van der Waals surface area contributed by atoms with Crippen LogP contribution in [0.2, 0.25) is 0 Å². The van der Waals surface area contributed by atoms with Gasteiger partial charge in [0.15, 0.2) is 5.11 Å². The fourth-order valence-electron chi connectivity index (χ4n) is 2.60. The summed E-state index contributed by atoms with van der Waals surface area (Å²) in [4.78, 5) is 2.29. The molecule has 0 aromatic heterocycles. The molecule has 1 aliphatic carbocycles. The van der Waals surface area contributed by atoms with Crippen molar-refractivity contribution >= 4 is 17.3 Å². The number of unbranched alkanes of at least 4 members (excludes halogenated alkanes) is 1. The van der Waals surface area contributed by atoms with E-state index in [0.717, 1.165) is 17.6 Å². The van der Waals surface area contributed by atoms with Gasteiger partial charge in [0.25, 0.3) is 0 Å². The second kappa shape index (κ2) is 7.91. The number of hydrogen-bond donors (Lipinski definition) is 1. The predicted octanol–water partition coefficient (Wildman–Crippen LogP) is 3.56. The maximum atomic E-state index is 5.44. The van der Waals surface area contributed by atoms with Crippen molar-refractivity contribution in [3.05, 3.63) is 0 Å². The van der Waals surface area contributed by atoms with Crippen molar-refractivity contribution in [2.75, 3.05) is 13.6 Å². The number of nitrogens with zero attached hydrogens (tertiary/aromatic N) is 1. The Labute approximate surface area is 112 Å². The van der Waals surface area contributed by atoms with E-state index in [4.69, 9.17) is 12.2 Å². The van der Waals surface area contributed by atoms with Crippen LogP contribution in [0.4, 0.5) is 0 Å². The summed E-state index contributed by atoms with van der Waals surface area (Å²) in [5.74, 6) is 0.960. The summed E-state index contributed by atoms with van der Waals surface area (Å²) in [6, 6.07) is 0.666. The lowest BCUT2D eigenvalue weighted by atomic mass is 9.84. The quantitative estimate of drug-likeness (QED) is 0.598. The van der Waals surface area contributed by atoms with Gasteiger partial charge in [-0.3, -0.25) is 0 Å². The van der Waals surface area contributed by atoms with E-state index in [1.165, 1.54) is 44.9 Å². The van der Waals surface area contributed by atoms with E-state index in [9.17, 15) is 0 Å². The van der Waals surface area contributed by atoms with Gasteiger partial charge in [-0.1, -0.05) is 26.7 Å². The predicted molar refractivity (Wildman–Crippen MR) is 79.3 cm³/mol. The first-order chi connectivity index (χ1) is 8.19. The molecule has 1 aliphatic rings. The Morgan fingerprint density at radius 2 is 1.88 bits per heavy atom. The van der Waals surface area contributed by atoms with Crippen LogP contribution in [-0.4, -0.2) is 29.6 Å². The van der Waals surface area contributed by atoms with Crippen molar-refractivity contribution in [1.82, 2.24) is 10.2 Å². The summed E-state index contributed by atoms with van der Waals surface area (Å²) in [5.41, 5.74) is 0.